The first kappa shape index (κ1) is 18.1. The zero-order valence-electron chi connectivity index (χ0n) is 15.0. The summed E-state index contributed by atoms with van der Waals surface area (Å²) in [7, 11) is -3.35. The van der Waals surface area contributed by atoms with Crippen LogP contribution < -0.4 is 9.46 Å². The number of rotatable bonds is 6. The van der Waals surface area contributed by atoms with Gasteiger partial charge >= 0.3 is 0 Å². The molecule has 0 atom stereocenters. The van der Waals surface area contributed by atoms with Crippen molar-refractivity contribution in [2.45, 2.75) is 18.1 Å². The lowest BCUT2D eigenvalue weighted by atomic mass is 10.00. The second-order valence-corrected chi connectivity index (χ2v) is 8.62. The van der Waals surface area contributed by atoms with E-state index < -0.39 is 10.0 Å². The molecule has 0 amide bonds. The summed E-state index contributed by atoms with van der Waals surface area (Å²) in [6.45, 7) is 0. The molecule has 1 saturated carbocycles. The van der Waals surface area contributed by atoms with E-state index in [1.807, 2.05) is 54.6 Å². The minimum atomic E-state index is -3.35. The Balaban J connectivity index is 1.56. The van der Waals surface area contributed by atoms with Gasteiger partial charge in [-0.05, 0) is 60.4 Å². The molecule has 0 aromatic heterocycles. The number of ether oxygens (including phenoxy) is 1. The maximum Gasteiger partial charge on any atom is 0.235 e. The molecule has 140 valence electrons. The molecule has 0 saturated heterocycles. The molecule has 1 N–H and O–H groups in total. The van der Waals surface area contributed by atoms with E-state index in [1.54, 1.807) is 18.2 Å². The molecule has 0 radical (unpaired) electrons. The van der Waals surface area contributed by atoms with Gasteiger partial charge in [0.25, 0.3) is 0 Å². The minimum Gasteiger partial charge on any atom is -0.457 e. The number of nitriles is 1. The Bertz CT molecular complexity index is 1130. The van der Waals surface area contributed by atoms with Gasteiger partial charge in [-0.3, -0.25) is 4.72 Å². The summed E-state index contributed by atoms with van der Waals surface area (Å²) in [6, 6.07) is 24.1. The van der Waals surface area contributed by atoms with Crippen molar-refractivity contribution in [2.75, 3.05) is 4.72 Å². The van der Waals surface area contributed by atoms with Crippen LogP contribution in [0.1, 0.15) is 18.4 Å². The average molecular weight is 390 g/mol. The average Bonchev–Trinajstić information content (AvgIpc) is 3.55. The molecular formula is C22H18N2O3S. The maximum absolute atomic E-state index is 12.1. The third kappa shape index (κ3) is 4.00. The zero-order valence-corrected chi connectivity index (χ0v) is 15.8. The lowest BCUT2D eigenvalue weighted by Gasteiger charge is -2.11. The Morgan fingerprint density at radius 3 is 2.25 bits per heavy atom. The molecule has 1 fully saturated rings. The Hall–Kier alpha value is -3.30. The van der Waals surface area contributed by atoms with Gasteiger partial charge in [-0.2, -0.15) is 5.26 Å². The molecule has 1 aliphatic rings. The van der Waals surface area contributed by atoms with E-state index in [1.165, 1.54) is 0 Å². The number of para-hydroxylation sites is 1. The van der Waals surface area contributed by atoms with Gasteiger partial charge in [-0.25, -0.2) is 8.42 Å². The zero-order chi connectivity index (χ0) is 19.6. The summed E-state index contributed by atoms with van der Waals surface area (Å²) < 4.78 is 32.6. The second-order valence-electron chi connectivity index (χ2n) is 6.66. The van der Waals surface area contributed by atoms with Crippen LogP contribution in [0.15, 0.2) is 72.8 Å². The van der Waals surface area contributed by atoms with Gasteiger partial charge in [0.2, 0.25) is 10.0 Å². The van der Waals surface area contributed by atoms with Gasteiger partial charge in [0.15, 0.2) is 0 Å². The highest BCUT2D eigenvalue weighted by Gasteiger charge is 2.35. The first-order valence-electron chi connectivity index (χ1n) is 8.94. The van der Waals surface area contributed by atoms with Crippen LogP contribution in [-0.4, -0.2) is 13.7 Å². The van der Waals surface area contributed by atoms with Crippen molar-refractivity contribution < 1.29 is 13.2 Å². The van der Waals surface area contributed by atoms with E-state index in [4.69, 9.17) is 4.74 Å². The van der Waals surface area contributed by atoms with Crippen LogP contribution >= 0.6 is 0 Å². The van der Waals surface area contributed by atoms with Crippen molar-refractivity contribution in [3.8, 4) is 28.7 Å². The molecule has 3 aromatic carbocycles. The molecule has 1 aliphatic carbocycles. The highest BCUT2D eigenvalue weighted by Crippen LogP contribution is 2.32. The number of nitrogens with one attached hydrogen (secondary N) is 1. The fourth-order valence-corrected chi connectivity index (χ4v) is 4.28. The second kappa shape index (κ2) is 7.37. The molecule has 0 unspecified atom stereocenters. The molecule has 6 heteroatoms. The molecule has 3 aromatic rings. The van der Waals surface area contributed by atoms with Crippen LogP contribution in [0, 0.1) is 11.3 Å². The van der Waals surface area contributed by atoms with E-state index in [-0.39, 0.29) is 5.25 Å². The van der Waals surface area contributed by atoms with Crippen LogP contribution in [0.2, 0.25) is 0 Å². The molecule has 0 aliphatic heterocycles. The molecule has 0 heterocycles. The lowest BCUT2D eigenvalue weighted by Crippen LogP contribution is -2.17. The number of sulfonamides is 1. The number of nitrogens with zero attached hydrogens (tertiary/aromatic N) is 1. The standard InChI is InChI=1S/C22H18N2O3S/c23-15-17-14-18(24-28(25,26)21-11-12-21)8-13-22(17)16-6-9-20(10-7-16)27-19-4-2-1-3-5-19/h1-10,13-14,21,24H,11-12H2. The Morgan fingerprint density at radius 2 is 1.61 bits per heavy atom. The maximum atomic E-state index is 12.1. The Kier molecular flexibility index (Phi) is 4.76. The third-order valence-corrected chi connectivity index (χ3v) is 6.38. The van der Waals surface area contributed by atoms with Gasteiger partial charge in [0.05, 0.1) is 16.9 Å². The first-order chi connectivity index (χ1) is 13.5. The number of anilines is 1. The fourth-order valence-electron chi connectivity index (χ4n) is 2.91. The lowest BCUT2D eigenvalue weighted by molar-refractivity contribution is 0.483. The number of hydrogen-bond donors (Lipinski definition) is 1. The summed E-state index contributed by atoms with van der Waals surface area (Å²) >= 11 is 0. The van der Waals surface area contributed by atoms with E-state index >= 15 is 0 Å². The van der Waals surface area contributed by atoms with Crippen molar-refractivity contribution >= 4 is 15.7 Å². The van der Waals surface area contributed by atoms with Gasteiger partial charge in [0, 0.05) is 5.69 Å². The summed E-state index contributed by atoms with van der Waals surface area (Å²) in [6.07, 6.45) is 1.38. The van der Waals surface area contributed by atoms with E-state index in [0.29, 0.717) is 29.8 Å². The van der Waals surface area contributed by atoms with Crippen LogP contribution in [0.25, 0.3) is 11.1 Å². The van der Waals surface area contributed by atoms with Crippen LogP contribution in [0.3, 0.4) is 0 Å². The molecule has 0 spiro atoms. The normalized spacial score (nSPS) is 13.5. The van der Waals surface area contributed by atoms with Crippen molar-refractivity contribution in [3.63, 3.8) is 0 Å². The Labute approximate surface area is 164 Å². The van der Waals surface area contributed by atoms with Crippen molar-refractivity contribution in [1.29, 1.82) is 5.26 Å². The molecule has 4 rings (SSSR count). The Morgan fingerprint density at radius 1 is 0.929 bits per heavy atom. The van der Waals surface area contributed by atoms with Crippen molar-refractivity contribution in [2.24, 2.45) is 0 Å². The fraction of sp³-hybridized carbons (Fsp3) is 0.136. The smallest absolute Gasteiger partial charge is 0.235 e. The van der Waals surface area contributed by atoms with Gasteiger partial charge in [-0.15, -0.1) is 0 Å². The van der Waals surface area contributed by atoms with Crippen LogP contribution in [0.5, 0.6) is 11.5 Å². The number of benzene rings is 3. The predicted molar refractivity (Wildman–Crippen MR) is 109 cm³/mol. The summed E-state index contributed by atoms with van der Waals surface area (Å²) in [5.41, 5.74) is 2.42. The van der Waals surface area contributed by atoms with Crippen LogP contribution in [0.4, 0.5) is 5.69 Å². The minimum absolute atomic E-state index is 0.310. The molecule has 28 heavy (non-hydrogen) atoms. The quantitative estimate of drug-likeness (QED) is 0.648. The van der Waals surface area contributed by atoms with Crippen molar-refractivity contribution in [3.05, 3.63) is 78.4 Å². The first-order valence-corrected chi connectivity index (χ1v) is 10.5. The summed E-state index contributed by atoms with van der Waals surface area (Å²) in [4.78, 5) is 0. The summed E-state index contributed by atoms with van der Waals surface area (Å²) in [5.74, 6) is 1.45. The topological polar surface area (TPSA) is 79.2 Å². The molecular weight excluding hydrogens is 372 g/mol. The van der Waals surface area contributed by atoms with E-state index in [9.17, 15) is 13.7 Å². The SMILES string of the molecule is N#Cc1cc(NS(=O)(=O)C2CC2)ccc1-c1ccc(Oc2ccccc2)cc1. The third-order valence-electron chi connectivity index (χ3n) is 4.51. The largest absolute Gasteiger partial charge is 0.457 e. The van der Waals surface area contributed by atoms with Gasteiger partial charge < -0.3 is 4.74 Å². The predicted octanol–water partition coefficient (Wildman–Crippen LogP) is 4.92. The van der Waals surface area contributed by atoms with E-state index in [2.05, 4.69) is 10.8 Å². The van der Waals surface area contributed by atoms with Gasteiger partial charge in [-0.1, -0.05) is 36.4 Å². The summed E-state index contributed by atoms with van der Waals surface area (Å²) in [5, 5.41) is 9.21. The molecule has 5 nitrogen and oxygen atoms in total. The highest BCUT2D eigenvalue weighted by atomic mass is 32.2. The molecule has 0 bridgehead atoms. The number of hydrogen-bond acceptors (Lipinski definition) is 4. The monoisotopic (exact) mass is 390 g/mol. The van der Waals surface area contributed by atoms with Crippen molar-refractivity contribution in [1.82, 2.24) is 0 Å². The van der Waals surface area contributed by atoms with Gasteiger partial charge in [0.1, 0.15) is 11.5 Å². The van der Waals surface area contributed by atoms with Crippen LogP contribution in [-0.2, 0) is 10.0 Å². The van der Waals surface area contributed by atoms with E-state index in [0.717, 1.165) is 16.9 Å². The highest BCUT2D eigenvalue weighted by molar-refractivity contribution is 7.93.